The molecule has 2 aromatic carbocycles. The zero-order chi connectivity index (χ0) is 20.0. The number of nitrogens with one attached hydrogen (secondary N) is 1. The second-order valence-electron chi connectivity index (χ2n) is 5.89. The van der Waals surface area contributed by atoms with Crippen LogP contribution in [0.3, 0.4) is 0 Å². The molecule has 0 fully saturated rings. The Morgan fingerprint density at radius 3 is 2.59 bits per heavy atom. The summed E-state index contributed by atoms with van der Waals surface area (Å²) in [6, 6.07) is 9.95. The molecule has 0 aliphatic rings. The van der Waals surface area contributed by atoms with Gasteiger partial charge in [0.25, 0.3) is 0 Å². The Balaban J connectivity index is 2.13. The molecular weight excluding hydrogens is 414 g/mol. The van der Waals surface area contributed by atoms with Crippen molar-refractivity contribution in [3.63, 3.8) is 0 Å². The van der Waals surface area contributed by atoms with Crippen LogP contribution in [-0.2, 0) is 20.6 Å². The van der Waals surface area contributed by atoms with Crippen molar-refractivity contribution < 1.29 is 17.6 Å². The van der Waals surface area contributed by atoms with Crippen molar-refractivity contribution in [3.05, 3.63) is 63.9 Å². The summed E-state index contributed by atoms with van der Waals surface area (Å²) in [6.45, 7) is 1.58. The van der Waals surface area contributed by atoms with Crippen molar-refractivity contribution in [2.75, 3.05) is 18.4 Å². The van der Waals surface area contributed by atoms with Gasteiger partial charge in [0.1, 0.15) is 5.82 Å². The van der Waals surface area contributed by atoms with Crippen molar-refractivity contribution in [1.29, 1.82) is 0 Å². The van der Waals surface area contributed by atoms with E-state index in [0.717, 1.165) is 10.4 Å². The molecule has 0 saturated heterocycles. The Bertz CT molecular complexity index is 923. The van der Waals surface area contributed by atoms with E-state index in [0.29, 0.717) is 22.7 Å². The molecule has 2 aromatic rings. The molecule has 1 N–H and O–H groups in total. The van der Waals surface area contributed by atoms with E-state index < -0.39 is 27.5 Å². The van der Waals surface area contributed by atoms with Crippen LogP contribution in [0.25, 0.3) is 0 Å². The van der Waals surface area contributed by atoms with Gasteiger partial charge in [0, 0.05) is 11.6 Å². The minimum Gasteiger partial charge on any atom is -0.324 e. The summed E-state index contributed by atoms with van der Waals surface area (Å²) >= 11 is 11.9. The SMILES string of the molecule is CCCN(CC(=O)Nc1cc(Cl)ccc1Cl)S(=O)(=O)Cc1cccc(F)c1. The van der Waals surface area contributed by atoms with Gasteiger partial charge >= 0.3 is 0 Å². The molecule has 2 rings (SSSR count). The zero-order valence-corrected chi connectivity index (χ0v) is 16.9. The molecule has 0 saturated carbocycles. The van der Waals surface area contributed by atoms with Crippen LogP contribution < -0.4 is 5.32 Å². The van der Waals surface area contributed by atoms with Crippen LogP contribution in [0.4, 0.5) is 10.1 Å². The van der Waals surface area contributed by atoms with Crippen LogP contribution in [-0.4, -0.2) is 31.7 Å². The first-order chi connectivity index (χ1) is 12.7. The number of carbonyl (C=O) groups is 1. The Labute approximate surface area is 168 Å². The molecule has 5 nitrogen and oxygen atoms in total. The fourth-order valence-electron chi connectivity index (χ4n) is 2.44. The summed E-state index contributed by atoms with van der Waals surface area (Å²) in [7, 11) is -3.81. The van der Waals surface area contributed by atoms with Crippen LogP contribution in [0.1, 0.15) is 18.9 Å². The van der Waals surface area contributed by atoms with Gasteiger partial charge in [-0.2, -0.15) is 4.31 Å². The third-order valence-corrected chi connectivity index (χ3v) is 5.99. The number of rotatable bonds is 8. The lowest BCUT2D eigenvalue weighted by molar-refractivity contribution is -0.116. The summed E-state index contributed by atoms with van der Waals surface area (Å²) in [5.74, 6) is -1.45. The molecule has 146 valence electrons. The molecular formula is C18H19Cl2FN2O3S. The molecule has 0 spiro atoms. The predicted molar refractivity (Wildman–Crippen MR) is 106 cm³/mol. The molecule has 0 bridgehead atoms. The summed E-state index contributed by atoms with van der Waals surface area (Å²) in [4.78, 5) is 12.3. The van der Waals surface area contributed by atoms with Crippen LogP contribution in [0.5, 0.6) is 0 Å². The van der Waals surface area contributed by atoms with Gasteiger partial charge in [-0.1, -0.05) is 42.3 Å². The second kappa shape index (κ2) is 9.50. The molecule has 0 radical (unpaired) electrons. The monoisotopic (exact) mass is 432 g/mol. The minimum atomic E-state index is -3.81. The van der Waals surface area contributed by atoms with Crippen molar-refractivity contribution >= 4 is 44.8 Å². The van der Waals surface area contributed by atoms with E-state index in [1.807, 2.05) is 0 Å². The molecule has 1 amide bonds. The number of anilines is 1. The van der Waals surface area contributed by atoms with Gasteiger partial charge in [-0.3, -0.25) is 4.79 Å². The molecule has 0 heterocycles. The number of amides is 1. The highest BCUT2D eigenvalue weighted by Gasteiger charge is 2.24. The summed E-state index contributed by atoms with van der Waals surface area (Å²) in [5.41, 5.74) is 0.613. The zero-order valence-electron chi connectivity index (χ0n) is 14.6. The molecule has 0 aliphatic carbocycles. The summed E-state index contributed by atoms with van der Waals surface area (Å²) in [5, 5.41) is 3.24. The third kappa shape index (κ3) is 6.46. The fraction of sp³-hybridized carbons (Fsp3) is 0.278. The number of benzene rings is 2. The standard InChI is InChI=1S/C18H19Cl2FN2O3S/c1-2-8-23(27(25,26)12-13-4-3-5-15(21)9-13)11-18(24)22-17-10-14(19)6-7-16(17)20/h3-7,9-10H,2,8,11-12H2,1H3,(H,22,24). The number of carbonyl (C=O) groups excluding carboxylic acids is 1. The average Bonchev–Trinajstić information content (AvgIpc) is 2.57. The first-order valence-electron chi connectivity index (χ1n) is 8.18. The summed E-state index contributed by atoms with van der Waals surface area (Å²) < 4.78 is 39.8. The maximum atomic E-state index is 13.3. The highest BCUT2D eigenvalue weighted by Crippen LogP contribution is 2.25. The minimum absolute atomic E-state index is 0.161. The van der Waals surface area contributed by atoms with E-state index in [-0.39, 0.29) is 18.1 Å². The quantitative estimate of drug-likeness (QED) is 0.675. The normalized spacial score (nSPS) is 11.6. The van der Waals surface area contributed by atoms with Gasteiger partial charge in [0.15, 0.2) is 0 Å². The second-order valence-corrected chi connectivity index (χ2v) is 8.70. The maximum absolute atomic E-state index is 13.3. The lowest BCUT2D eigenvalue weighted by Crippen LogP contribution is -2.39. The van der Waals surface area contributed by atoms with E-state index >= 15 is 0 Å². The summed E-state index contributed by atoms with van der Waals surface area (Å²) in [6.07, 6.45) is 0.521. The van der Waals surface area contributed by atoms with Gasteiger partial charge in [-0.15, -0.1) is 0 Å². The molecule has 0 atom stereocenters. The van der Waals surface area contributed by atoms with Gasteiger partial charge in [-0.05, 0) is 42.3 Å². The third-order valence-electron chi connectivity index (χ3n) is 3.63. The first-order valence-corrected chi connectivity index (χ1v) is 10.5. The van der Waals surface area contributed by atoms with Crippen molar-refractivity contribution in [2.45, 2.75) is 19.1 Å². The molecule has 0 aromatic heterocycles. The first kappa shape index (κ1) is 21.6. The number of sulfonamides is 1. The molecule has 0 aliphatic heterocycles. The predicted octanol–water partition coefficient (Wildman–Crippen LogP) is 4.31. The lowest BCUT2D eigenvalue weighted by atomic mass is 10.2. The number of nitrogens with zero attached hydrogens (tertiary/aromatic N) is 1. The number of hydrogen-bond acceptors (Lipinski definition) is 3. The lowest BCUT2D eigenvalue weighted by Gasteiger charge is -2.21. The number of halogens is 3. The Morgan fingerprint density at radius 1 is 1.19 bits per heavy atom. The Morgan fingerprint density at radius 2 is 1.93 bits per heavy atom. The highest BCUT2D eigenvalue weighted by molar-refractivity contribution is 7.88. The fourth-order valence-corrected chi connectivity index (χ4v) is 4.33. The van der Waals surface area contributed by atoms with Crippen LogP contribution in [0, 0.1) is 5.82 Å². The Kier molecular flexibility index (Phi) is 7.61. The molecule has 9 heteroatoms. The van der Waals surface area contributed by atoms with E-state index in [2.05, 4.69) is 5.32 Å². The largest absolute Gasteiger partial charge is 0.324 e. The van der Waals surface area contributed by atoms with Gasteiger partial charge in [-0.25, -0.2) is 12.8 Å². The topological polar surface area (TPSA) is 66.5 Å². The van der Waals surface area contributed by atoms with Gasteiger partial charge < -0.3 is 5.32 Å². The van der Waals surface area contributed by atoms with E-state index in [4.69, 9.17) is 23.2 Å². The molecule has 0 unspecified atom stereocenters. The van der Waals surface area contributed by atoms with Crippen molar-refractivity contribution in [3.8, 4) is 0 Å². The smallest absolute Gasteiger partial charge is 0.239 e. The number of hydrogen-bond donors (Lipinski definition) is 1. The Hall–Kier alpha value is -1.67. The molecule has 27 heavy (non-hydrogen) atoms. The average molecular weight is 433 g/mol. The van der Waals surface area contributed by atoms with Crippen LogP contribution >= 0.6 is 23.2 Å². The highest BCUT2D eigenvalue weighted by atomic mass is 35.5. The van der Waals surface area contributed by atoms with E-state index in [9.17, 15) is 17.6 Å². The van der Waals surface area contributed by atoms with E-state index in [1.54, 1.807) is 13.0 Å². The van der Waals surface area contributed by atoms with Crippen molar-refractivity contribution in [1.82, 2.24) is 4.31 Å². The van der Waals surface area contributed by atoms with E-state index in [1.165, 1.54) is 30.3 Å². The van der Waals surface area contributed by atoms with Gasteiger partial charge in [0.05, 0.1) is 23.0 Å². The maximum Gasteiger partial charge on any atom is 0.239 e. The van der Waals surface area contributed by atoms with Crippen LogP contribution in [0.2, 0.25) is 10.0 Å². The van der Waals surface area contributed by atoms with Crippen LogP contribution in [0.15, 0.2) is 42.5 Å². The van der Waals surface area contributed by atoms with Crippen molar-refractivity contribution in [2.24, 2.45) is 0 Å². The van der Waals surface area contributed by atoms with Gasteiger partial charge in [0.2, 0.25) is 15.9 Å².